The molecule has 1 aromatic rings. The van der Waals surface area contributed by atoms with Crippen LogP contribution in [0, 0.1) is 0 Å². The maximum atomic E-state index is 12.1. The monoisotopic (exact) mass is 321 g/mol. The van der Waals surface area contributed by atoms with Crippen molar-refractivity contribution in [3.8, 4) is 5.75 Å². The summed E-state index contributed by atoms with van der Waals surface area (Å²) in [6, 6.07) is 6.52. The predicted octanol–water partition coefficient (Wildman–Crippen LogP) is 2.37. The van der Waals surface area contributed by atoms with Gasteiger partial charge in [-0.05, 0) is 45.0 Å². The Hall–Kier alpha value is -2.37. The van der Waals surface area contributed by atoms with E-state index in [1.54, 1.807) is 38.1 Å². The summed E-state index contributed by atoms with van der Waals surface area (Å²) in [6.07, 6.45) is 0.0488. The second-order valence-electron chi connectivity index (χ2n) is 5.39. The summed E-state index contributed by atoms with van der Waals surface area (Å²) in [7, 11) is 0. The molecule has 0 aliphatic carbocycles. The molecule has 23 heavy (non-hydrogen) atoms. The van der Waals surface area contributed by atoms with Crippen molar-refractivity contribution in [3.05, 3.63) is 29.8 Å². The van der Waals surface area contributed by atoms with Crippen molar-refractivity contribution in [2.24, 2.45) is 0 Å². The van der Waals surface area contributed by atoms with Gasteiger partial charge in [-0.15, -0.1) is 0 Å². The van der Waals surface area contributed by atoms with Crippen LogP contribution in [0.5, 0.6) is 5.75 Å². The van der Waals surface area contributed by atoms with Crippen molar-refractivity contribution in [1.29, 1.82) is 0 Å². The van der Waals surface area contributed by atoms with E-state index in [1.807, 2.05) is 6.92 Å². The number of ketones is 1. The minimum absolute atomic E-state index is 0.00248. The largest absolute Gasteiger partial charge is 0.494 e. The third-order valence-electron chi connectivity index (χ3n) is 3.30. The molecule has 0 unspecified atom stereocenters. The van der Waals surface area contributed by atoms with Crippen LogP contribution in [0.25, 0.3) is 0 Å². The van der Waals surface area contributed by atoms with Crippen molar-refractivity contribution in [2.45, 2.75) is 39.7 Å². The highest BCUT2D eigenvalue weighted by Crippen LogP contribution is 2.14. The first-order valence-electron chi connectivity index (χ1n) is 7.62. The van der Waals surface area contributed by atoms with E-state index in [-0.39, 0.29) is 37.1 Å². The number of carbonyl (C=O) groups is 3. The molecule has 0 saturated heterocycles. The Morgan fingerprint density at radius 2 is 1.74 bits per heavy atom. The minimum Gasteiger partial charge on any atom is -0.494 e. The second kappa shape index (κ2) is 8.92. The molecule has 1 N–H and O–H groups in total. The SMILES string of the molecule is CCOc1ccc(C(=O)CCC(=O)N(CC(=O)O)C(C)C)cc1. The molecule has 0 aliphatic rings. The lowest BCUT2D eigenvalue weighted by atomic mass is 10.1. The van der Waals surface area contributed by atoms with E-state index in [9.17, 15) is 14.4 Å². The standard InChI is InChI=1S/C17H23NO5/c1-4-23-14-7-5-13(6-8-14)15(19)9-10-16(20)18(12(2)3)11-17(21)22/h5-8,12H,4,9-11H2,1-3H3,(H,21,22). The number of rotatable bonds is 9. The number of carboxylic acid groups (broad SMARTS) is 1. The number of amides is 1. The number of carboxylic acids is 1. The Morgan fingerprint density at radius 3 is 2.22 bits per heavy atom. The molecule has 0 heterocycles. The average Bonchev–Trinajstić information content (AvgIpc) is 2.50. The van der Waals surface area contributed by atoms with Gasteiger partial charge in [-0.2, -0.15) is 0 Å². The summed E-state index contributed by atoms with van der Waals surface area (Å²) in [5, 5.41) is 8.83. The summed E-state index contributed by atoms with van der Waals surface area (Å²) in [6.45, 7) is 5.57. The molecule has 0 aliphatic heterocycles. The van der Waals surface area contributed by atoms with E-state index in [2.05, 4.69) is 0 Å². The molecule has 1 amide bonds. The second-order valence-corrected chi connectivity index (χ2v) is 5.39. The van der Waals surface area contributed by atoms with E-state index in [1.165, 1.54) is 4.90 Å². The lowest BCUT2D eigenvalue weighted by Gasteiger charge is -2.24. The van der Waals surface area contributed by atoms with Crippen LogP contribution in [-0.2, 0) is 9.59 Å². The van der Waals surface area contributed by atoms with Crippen LogP contribution in [0.3, 0.4) is 0 Å². The van der Waals surface area contributed by atoms with Crippen molar-refractivity contribution in [2.75, 3.05) is 13.2 Å². The summed E-state index contributed by atoms with van der Waals surface area (Å²) in [5.41, 5.74) is 0.510. The molecule has 1 aromatic carbocycles. The fourth-order valence-corrected chi connectivity index (χ4v) is 2.12. The maximum Gasteiger partial charge on any atom is 0.323 e. The first kappa shape index (κ1) is 18.7. The van der Waals surface area contributed by atoms with Crippen LogP contribution in [0.4, 0.5) is 0 Å². The van der Waals surface area contributed by atoms with E-state index in [0.29, 0.717) is 17.9 Å². The molecule has 0 bridgehead atoms. The molecule has 0 saturated carbocycles. The van der Waals surface area contributed by atoms with Gasteiger partial charge in [-0.1, -0.05) is 0 Å². The summed E-state index contributed by atoms with van der Waals surface area (Å²) < 4.78 is 5.31. The highest BCUT2D eigenvalue weighted by Gasteiger charge is 2.20. The number of hydrogen-bond donors (Lipinski definition) is 1. The van der Waals surface area contributed by atoms with Crippen LogP contribution in [0.1, 0.15) is 44.0 Å². The highest BCUT2D eigenvalue weighted by atomic mass is 16.5. The van der Waals surface area contributed by atoms with Gasteiger partial charge in [0, 0.05) is 24.4 Å². The minimum atomic E-state index is -1.06. The Balaban J connectivity index is 2.60. The highest BCUT2D eigenvalue weighted by molar-refractivity contribution is 5.98. The quantitative estimate of drug-likeness (QED) is 0.706. The third-order valence-corrected chi connectivity index (χ3v) is 3.30. The predicted molar refractivity (Wildman–Crippen MR) is 85.7 cm³/mol. The molecule has 126 valence electrons. The van der Waals surface area contributed by atoms with Gasteiger partial charge in [0.1, 0.15) is 12.3 Å². The van der Waals surface area contributed by atoms with Gasteiger partial charge in [0.05, 0.1) is 6.61 Å². The molecule has 0 fully saturated rings. The van der Waals surface area contributed by atoms with Gasteiger partial charge < -0.3 is 14.7 Å². The molecular weight excluding hydrogens is 298 g/mol. The van der Waals surface area contributed by atoms with Gasteiger partial charge in [0.25, 0.3) is 0 Å². The number of benzene rings is 1. The first-order chi connectivity index (χ1) is 10.8. The third kappa shape index (κ3) is 6.10. The molecule has 0 aromatic heterocycles. The smallest absolute Gasteiger partial charge is 0.323 e. The number of aliphatic carboxylic acids is 1. The van der Waals surface area contributed by atoms with Crippen molar-refractivity contribution < 1.29 is 24.2 Å². The van der Waals surface area contributed by atoms with Crippen molar-refractivity contribution in [3.63, 3.8) is 0 Å². The normalized spacial score (nSPS) is 10.4. The zero-order valence-corrected chi connectivity index (χ0v) is 13.7. The van der Waals surface area contributed by atoms with E-state index in [0.717, 1.165) is 0 Å². The Bertz CT molecular complexity index is 551. The Morgan fingerprint density at radius 1 is 1.13 bits per heavy atom. The van der Waals surface area contributed by atoms with Crippen LogP contribution in [0.2, 0.25) is 0 Å². The van der Waals surface area contributed by atoms with Gasteiger partial charge >= 0.3 is 5.97 Å². The molecule has 6 nitrogen and oxygen atoms in total. The molecule has 6 heteroatoms. The molecule has 0 atom stereocenters. The molecule has 0 radical (unpaired) electrons. The van der Waals surface area contributed by atoms with E-state index >= 15 is 0 Å². The van der Waals surface area contributed by atoms with Gasteiger partial charge in [-0.25, -0.2) is 0 Å². The van der Waals surface area contributed by atoms with Crippen LogP contribution >= 0.6 is 0 Å². The van der Waals surface area contributed by atoms with Crippen LogP contribution in [-0.4, -0.2) is 46.9 Å². The molecular formula is C17H23NO5. The number of nitrogens with zero attached hydrogens (tertiary/aromatic N) is 1. The topological polar surface area (TPSA) is 83.9 Å². The molecule has 1 rings (SSSR count). The first-order valence-corrected chi connectivity index (χ1v) is 7.62. The lowest BCUT2D eigenvalue weighted by Crippen LogP contribution is -2.40. The summed E-state index contributed by atoms with van der Waals surface area (Å²) in [5.74, 6) is -0.862. The van der Waals surface area contributed by atoms with Crippen LogP contribution < -0.4 is 4.74 Å². The fraction of sp³-hybridized carbons (Fsp3) is 0.471. The van der Waals surface area contributed by atoms with Crippen molar-refractivity contribution >= 4 is 17.7 Å². The average molecular weight is 321 g/mol. The van der Waals surface area contributed by atoms with Gasteiger partial charge in [0.15, 0.2) is 5.78 Å². The van der Waals surface area contributed by atoms with Crippen LogP contribution in [0.15, 0.2) is 24.3 Å². The fourth-order valence-electron chi connectivity index (χ4n) is 2.12. The van der Waals surface area contributed by atoms with Gasteiger partial charge in [-0.3, -0.25) is 14.4 Å². The zero-order valence-electron chi connectivity index (χ0n) is 13.7. The summed E-state index contributed by atoms with van der Waals surface area (Å²) in [4.78, 5) is 36.2. The number of ether oxygens (including phenoxy) is 1. The number of carbonyl (C=O) groups excluding carboxylic acids is 2. The summed E-state index contributed by atoms with van der Waals surface area (Å²) >= 11 is 0. The number of hydrogen-bond acceptors (Lipinski definition) is 4. The lowest BCUT2D eigenvalue weighted by molar-refractivity contribution is -0.145. The maximum absolute atomic E-state index is 12.1. The Kier molecular flexibility index (Phi) is 7.25. The van der Waals surface area contributed by atoms with Crippen molar-refractivity contribution in [1.82, 2.24) is 4.90 Å². The van der Waals surface area contributed by atoms with E-state index in [4.69, 9.17) is 9.84 Å². The van der Waals surface area contributed by atoms with Gasteiger partial charge in [0.2, 0.25) is 5.91 Å². The van der Waals surface area contributed by atoms with E-state index < -0.39 is 5.97 Å². The molecule has 0 spiro atoms. The number of Topliss-reactive ketones (excluding diaryl/α,β-unsaturated/α-hetero) is 1. The Labute approximate surface area is 136 Å². The zero-order chi connectivity index (χ0) is 17.4.